The maximum Gasteiger partial charge on any atom is 0.412 e. The summed E-state index contributed by atoms with van der Waals surface area (Å²) in [6.45, 7) is 3.42. The molecule has 1 aromatic heterocycles. The van der Waals surface area contributed by atoms with E-state index < -0.39 is 22.9 Å². The minimum Gasteiger partial charge on any atom is -0.371 e. The minimum atomic E-state index is -1.39. The molecule has 7 nitrogen and oxygen atoms in total. The predicted octanol–water partition coefficient (Wildman–Crippen LogP) is 0.0672. The maximum absolute atomic E-state index is 11.4. The van der Waals surface area contributed by atoms with Crippen molar-refractivity contribution in [3.63, 3.8) is 0 Å². The number of primary amides is 1. The van der Waals surface area contributed by atoms with Gasteiger partial charge in [0.15, 0.2) is 0 Å². The second kappa shape index (κ2) is 5.47. The van der Waals surface area contributed by atoms with Crippen LogP contribution in [0.2, 0.25) is 0 Å². The largest absolute Gasteiger partial charge is 0.412 e. The molecule has 0 aliphatic rings. The van der Waals surface area contributed by atoms with Gasteiger partial charge >= 0.3 is 12.1 Å². The Morgan fingerprint density at radius 2 is 2.25 bits per heavy atom. The third-order valence-corrected chi connectivity index (χ3v) is 3.75. The van der Waals surface area contributed by atoms with Crippen molar-refractivity contribution in [3.8, 4) is 0 Å². The van der Waals surface area contributed by atoms with Crippen molar-refractivity contribution in [3.05, 3.63) is 17.7 Å². The fourth-order valence-corrected chi connectivity index (χ4v) is 2.45. The van der Waals surface area contributed by atoms with Gasteiger partial charge in [-0.2, -0.15) is 0 Å². The Balaban J connectivity index is 2.78. The van der Waals surface area contributed by atoms with E-state index in [1.54, 1.807) is 0 Å². The van der Waals surface area contributed by atoms with E-state index in [0.717, 1.165) is 11.3 Å². The highest BCUT2D eigenvalue weighted by Crippen LogP contribution is 2.15. The van der Waals surface area contributed by atoms with Crippen LogP contribution in [0.15, 0.2) is 17.0 Å². The lowest BCUT2D eigenvalue weighted by Gasteiger charge is -1.92. The smallest absolute Gasteiger partial charge is 0.371 e. The van der Waals surface area contributed by atoms with Crippen molar-refractivity contribution in [1.82, 2.24) is 10.2 Å². The highest BCUT2D eigenvalue weighted by Gasteiger charge is 2.18. The zero-order chi connectivity index (χ0) is 12.1. The molecule has 0 saturated carbocycles. The van der Waals surface area contributed by atoms with Gasteiger partial charge in [-0.3, -0.25) is 4.21 Å². The van der Waals surface area contributed by atoms with E-state index in [1.807, 2.05) is 0 Å². The lowest BCUT2D eigenvalue weighted by Crippen LogP contribution is -2.18. The van der Waals surface area contributed by atoms with E-state index >= 15 is 0 Å². The second-order valence-electron chi connectivity index (χ2n) is 2.38. The molecule has 1 heterocycles. The molecule has 0 fully saturated rings. The molecule has 2 N–H and O–H groups in total. The van der Waals surface area contributed by atoms with Crippen LogP contribution in [0.3, 0.4) is 0 Å². The fourth-order valence-electron chi connectivity index (χ4n) is 0.698. The van der Waals surface area contributed by atoms with Crippen LogP contribution >= 0.6 is 11.3 Å². The van der Waals surface area contributed by atoms with E-state index in [1.165, 1.54) is 6.08 Å². The third kappa shape index (κ3) is 3.21. The van der Waals surface area contributed by atoms with E-state index in [0.29, 0.717) is 0 Å². The van der Waals surface area contributed by atoms with Crippen LogP contribution in [0.1, 0.15) is 9.80 Å². The van der Waals surface area contributed by atoms with Crippen LogP contribution in [0.25, 0.3) is 0 Å². The van der Waals surface area contributed by atoms with Gasteiger partial charge in [-0.15, -0.1) is 16.8 Å². The first-order valence-corrected chi connectivity index (χ1v) is 6.02. The van der Waals surface area contributed by atoms with Crippen LogP contribution in [0.5, 0.6) is 0 Å². The zero-order valence-electron chi connectivity index (χ0n) is 7.91. The third-order valence-electron chi connectivity index (χ3n) is 1.24. The van der Waals surface area contributed by atoms with E-state index in [-0.39, 0.29) is 15.1 Å². The van der Waals surface area contributed by atoms with Gasteiger partial charge in [0.25, 0.3) is 0 Å². The first-order valence-electron chi connectivity index (χ1n) is 3.89. The number of nitrogens with zero attached hydrogens (tertiary/aromatic N) is 2. The van der Waals surface area contributed by atoms with Gasteiger partial charge in [0, 0.05) is 5.75 Å². The molecule has 0 bridgehead atoms. The summed E-state index contributed by atoms with van der Waals surface area (Å²) < 4.78 is 15.6. The Bertz CT molecular complexity index is 456. The molecule has 0 aliphatic heterocycles. The lowest BCUT2D eigenvalue weighted by molar-refractivity contribution is 0.0637. The summed E-state index contributed by atoms with van der Waals surface area (Å²) in [7, 11) is -1.39. The van der Waals surface area contributed by atoms with Crippen molar-refractivity contribution in [2.75, 3.05) is 5.75 Å². The summed E-state index contributed by atoms with van der Waals surface area (Å²) in [6.07, 6.45) is 0.229. The number of carbonyl (C=O) groups is 2. The minimum absolute atomic E-state index is 0.163. The number of hydrogen-bond acceptors (Lipinski definition) is 7. The molecule has 1 amide bonds. The quantitative estimate of drug-likeness (QED) is 0.466. The van der Waals surface area contributed by atoms with Gasteiger partial charge < -0.3 is 10.5 Å². The summed E-state index contributed by atoms with van der Waals surface area (Å²) in [4.78, 5) is 21.4. The normalized spacial score (nSPS) is 11.8. The first-order chi connectivity index (χ1) is 7.54. The van der Waals surface area contributed by atoms with Crippen molar-refractivity contribution < 1.29 is 18.5 Å². The van der Waals surface area contributed by atoms with Crippen molar-refractivity contribution in [2.24, 2.45) is 5.73 Å². The Labute approximate surface area is 96.8 Å². The highest BCUT2D eigenvalue weighted by atomic mass is 32.2. The second-order valence-corrected chi connectivity index (χ2v) is 5.03. The predicted molar refractivity (Wildman–Crippen MR) is 56.4 cm³/mol. The molecule has 1 atom stereocenters. The van der Waals surface area contributed by atoms with Crippen LogP contribution in [-0.2, 0) is 15.5 Å². The molecule has 0 aliphatic carbocycles. The number of rotatable bonds is 4. The van der Waals surface area contributed by atoms with E-state index in [2.05, 4.69) is 27.2 Å². The highest BCUT2D eigenvalue weighted by molar-refractivity contribution is 7.87. The number of nitrogens with two attached hydrogens (primary N) is 1. The van der Waals surface area contributed by atoms with Gasteiger partial charge in [0.1, 0.15) is 0 Å². The van der Waals surface area contributed by atoms with Gasteiger partial charge in [0.05, 0.1) is 10.8 Å². The summed E-state index contributed by atoms with van der Waals surface area (Å²) in [5.41, 5.74) is 4.65. The van der Waals surface area contributed by atoms with Gasteiger partial charge in [-0.05, 0) is 0 Å². The van der Waals surface area contributed by atoms with Crippen LogP contribution in [0, 0.1) is 0 Å². The number of ether oxygens (including phenoxy) is 1. The molecule has 1 aromatic rings. The van der Waals surface area contributed by atoms with Crippen LogP contribution in [0.4, 0.5) is 4.79 Å². The van der Waals surface area contributed by atoms with Gasteiger partial charge in [0.2, 0.25) is 9.35 Å². The van der Waals surface area contributed by atoms with Gasteiger partial charge in [-0.25, -0.2) is 9.59 Å². The van der Waals surface area contributed by atoms with E-state index in [9.17, 15) is 13.8 Å². The number of aromatic nitrogens is 2. The summed E-state index contributed by atoms with van der Waals surface area (Å²) in [5, 5.41) is 6.79. The molecule has 0 aromatic carbocycles. The first kappa shape index (κ1) is 12.5. The molecule has 0 spiro atoms. The summed E-state index contributed by atoms with van der Waals surface area (Å²) >= 11 is 0.779. The molecule has 0 saturated heterocycles. The van der Waals surface area contributed by atoms with Crippen molar-refractivity contribution in [2.45, 2.75) is 4.34 Å². The fraction of sp³-hybridized carbons (Fsp3) is 0.143. The average molecular weight is 261 g/mol. The number of esters is 1. The number of amides is 1. The van der Waals surface area contributed by atoms with Crippen LogP contribution in [-0.4, -0.2) is 32.2 Å². The number of carbonyl (C=O) groups excluding carboxylic acids is 2. The molecule has 1 unspecified atom stereocenters. The Hall–Kier alpha value is -1.61. The Kier molecular flexibility index (Phi) is 4.26. The monoisotopic (exact) mass is 261 g/mol. The maximum atomic E-state index is 11.4. The molecule has 86 valence electrons. The Morgan fingerprint density at radius 3 is 2.81 bits per heavy atom. The van der Waals surface area contributed by atoms with Crippen molar-refractivity contribution >= 4 is 34.2 Å². The molecule has 1 rings (SSSR count). The van der Waals surface area contributed by atoms with E-state index in [4.69, 9.17) is 0 Å². The molecule has 16 heavy (non-hydrogen) atoms. The summed E-state index contributed by atoms with van der Waals surface area (Å²) in [6, 6.07) is 0. The van der Waals surface area contributed by atoms with Crippen LogP contribution < -0.4 is 5.73 Å². The average Bonchev–Trinajstić information content (AvgIpc) is 2.65. The molecule has 9 heteroatoms. The molecule has 0 radical (unpaired) electrons. The standard InChI is InChI=1S/C7H7N3O4S2/c1-2-3-16(13)7-10-9-4(15-7)5(11)14-6(8)12/h2H,1,3H2,(H2,8,12). The summed E-state index contributed by atoms with van der Waals surface area (Å²) in [5.74, 6) is -0.800. The molecular formula is C7H7N3O4S2. The zero-order valence-corrected chi connectivity index (χ0v) is 9.55. The lowest BCUT2D eigenvalue weighted by atomic mass is 10.7. The molecular weight excluding hydrogens is 254 g/mol. The topological polar surface area (TPSA) is 112 Å². The van der Waals surface area contributed by atoms with Gasteiger partial charge in [-0.1, -0.05) is 17.4 Å². The number of hydrogen-bond donors (Lipinski definition) is 1. The van der Waals surface area contributed by atoms with Crippen molar-refractivity contribution in [1.29, 1.82) is 0 Å². The SMILES string of the molecule is C=CCS(=O)c1nnc(C(=O)OC(N)=O)s1. The Morgan fingerprint density at radius 1 is 1.56 bits per heavy atom.